The number of nitrogens with one attached hydrogen (secondary N) is 1. The molecule has 0 spiro atoms. The van der Waals surface area contributed by atoms with Gasteiger partial charge in [0.2, 0.25) is 5.91 Å². The van der Waals surface area contributed by atoms with Gasteiger partial charge in [-0.2, -0.15) is 0 Å². The number of esters is 2. The van der Waals surface area contributed by atoms with Crippen molar-refractivity contribution in [2.45, 2.75) is 90.9 Å². The highest BCUT2D eigenvalue weighted by molar-refractivity contribution is 5.93. The predicted octanol–water partition coefficient (Wildman–Crippen LogP) is 5.55. The van der Waals surface area contributed by atoms with E-state index in [1.54, 1.807) is 40.8 Å². The second-order valence-electron chi connectivity index (χ2n) is 12.8. The van der Waals surface area contributed by atoms with Gasteiger partial charge in [-0.05, 0) is 56.7 Å². The molecule has 1 aliphatic heterocycles. The Labute approximate surface area is 264 Å². The lowest BCUT2D eigenvalue weighted by Gasteiger charge is -2.25. The van der Waals surface area contributed by atoms with Crippen LogP contribution in [0.4, 0.5) is 5.69 Å². The molecular formula is C35H44N2O8. The number of nitrogens with zero attached hydrogens (tertiary/aromatic N) is 1. The molecule has 0 saturated heterocycles. The molecule has 4 atom stereocenters. The number of hydrogen-bond acceptors (Lipinski definition) is 8. The van der Waals surface area contributed by atoms with Gasteiger partial charge in [0.25, 0.3) is 0 Å². The van der Waals surface area contributed by atoms with Gasteiger partial charge in [-0.1, -0.05) is 62.4 Å². The third kappa shape index (κ3) is 11.3. The number of rotatable bonds is 16. The van der Waals surface area contributed by atoms with Crippen molar-refractivity contribution >= 4 is 41.5 Å². The molecule has 1 heterocycles. The smallest absolute Gasteiger partial charge is 0.307 e. The van der Waals surface area contributed by atoms with E-state index in [9.17, 15) is 29.1 Å². The molecule has 242 valence electrons. The molecule has 2 N–H and O–H groups in total. The number of Topliss-reactive ketones (excluding diaryl/α,β-unsaturated/α-hetero) is 1. The second kappa shape index (κ2) is 16.1. The van der Waals surface area contributed by atoms with E-state index in [1.807, 2.05) is 54.6 Å². The Morgan fingerprint density at radius 3 is 2.24 bits per heavy atom. The normalized spacial score (nSPS) is 15.9. The van der Waals surface area contributed by atoms with Gasteiger partial charge in [0, 0.05) is 30.9 Å². The van der Waals surface area contributed by atoms with Crippen molar-refractivity contribution in [2.75, 3.05) is 0 Å². The maximum atomic E-state index is 13.8. The lowest BCUT2D eigenvalue weighted by atomic mass is 9.86. The zero-order valence-corrected chi connectivity index (χ0v) is 26.7. The molecule has 1 unspecified atom stereocenters. The Morgan fingerprint density at radius 1 is 0.933 bits per heavy atom. The molecular weight excluding hydrogens is 576 g/mol. The Hall–Kier alpha value is -4.34. The topological polar surface area (TPSA) is 148 Å². The van der Waals surface area contributed by atoms with Crippen LogP contribution >= 0.6 is 0 Å². The first-order valence-corrected chi connectivity index (χ1v) is 15.3. The summed E-state index contributed by atoms with van der Waals surface area (Å²) in [4.78, 5) is 69.1. The number of ketones is 1. The highest BCUT2D eigenvalue weighted by Crippen LogP contribution is 2.36. The molecule has 0 aromatic heterocycles. The van der Waals surface area contributed by atoms with Gasteiger partial charge in [0.1, 0.15) is 12.2 Å². The van der Waals surface area contributed by atoms with E-state index in [0.717, 1.165) is 16.8 Å². The minimum absolute atomic E-state index is 0.0461. The van der Waals surface area contributed by atoms with Crippen molar-refractivity contribution < 1.29 is 38.6 Å². The van der Waals surface area contributed by atoms with Gasteiger partial charge < -0.3 is 19.9 Å². The minimum Gasteiger partial charge on any atom is -0.481 e. The van der Waals surface area contributed by atoms with Crippen molar-refractivity contribution in [1.82, 2.24) is 5.32 Å². The van der Waals surface area contributed by atoms with Crippen LogP contribution in [0, 0.1) is 17.8 Å². The zero-order chi connectivity index (χ0) is 33.1. The van der Waals surface area contributed by atoms with E-state index in [0.29, 0.717) is 0 Å². The van der Waals surface area contributed by atoms with E-state index < -0.39 is 53.1 Å². The number of carboxylic acids is 1. The number of carbonyl (C=O) groups excluding carboxylic acids is 4. The molecule has 0 saturated carbocycles. The molecule has 3 rings (SSSR count). The number of carbonyl (C=O) groups is 5. The van der Waals surface area contributed by atoms with Crippen LogP contribution in [0.2, 0.25) is 0 Å². The number of aliphatic carboxylic acids is 1. The number of ether oxygens (including phenoxy) is 2. The lowest BCUT2D eigenvalue weighted by molar-refractivity contribution is -0.155. The van der Waals surface area contributed by atoms with Crippen LogP contribution in [0.5, 0.6) is 0 Å². The van der Waals surface area contributed by atoms with E-state index in [-0.39, 0.29) is 50.5 Å². The third-order valence-electron chi connectivity index (χ3n) is 7.60. The highest BCUT2D eigenvalue weighted by atomic mass is 16.6. The molecule has 0 bridgehead atoms. The predicted molar refractivity (Wildman–Crippen MR) is 169 cm³/mol. The number of para-hydroxylation sites is 1. The molecule has 2 aromatic rings. The van der Waals surface area contributed by atoms with Crippen LogP contribution in [0.3, 0.4) is 0 Å². The first-order valence-electron chi connectivity index (χ1n) is 15.3. The van der Waals surface area contributed by atoms with E-state index in [1.165, 1.54) is 0 Å². The average Bonchev–Trinajstić information content (AvgIpc) is 3.38. The molecule has 0 radical (unpaired) electrons. The summed E-state index contributed by atoms with van der Waals surface area (Å²) in [6.07, 6.45) is 1.15. The second-order valence-corrected chi connectivity index (χ2v) is 12.8. The van der Waals surface area contributed by atoms with Crippen molar-refractivity contribution in [3.63, 3.8) is 0 Å². The molecule has 10 nitrogen and oxygen atoms in total. The molecule has 1 aliphatic rings. The van der Waals surface area contributed by atoms with Crippen LogP contribution < -0.4 is 5.32 Å². The fraction of sp³-hybridized carbons (Fsp3) is 0.486. The van der Waals surface area contributed by atoms with Crippen LogP contribution in [0.25, 0.3) is 0 Å². The maximum absolute atomic E-state index is 13.8. The molecule has 0 fully saturated rings. The van der Waals surface area contributed by atoms with Gasteiger partial charge >= 0.3 is 17.9 Å². The Kier molecular flexibility index (Phi) is 12.6. The van der Waals surface area contributed by atoms with E-state index >= 15 is 0 Å². The largest absolute Gasteiger partial charge is 0.481 e. The summed E-state index contributed by atoms with van der Waals surface area (Å²) < 4.78 is 10.9. The molecule has 0 aliphatic carbocycles. The first-order chi connectivity index (χ1) is 21.2. The van der Waals surface area contributed by atoms with Crippen LogP contribution in [0.15, 0.2) is 59.6 Å². The van der Waals surface area contributed by atoms with Gasteiger partial charge in [0.15, 0.2) is 5.78 Å². The van der Waals surface area contributed by atoms with Crippen LogP contribution in [-0.4, -0.2) is 52.6 Å². The van der Waals surface area contributed by atoms with Gasteiger partial charge in [-0.3, -0.25) is 29.0 Å². The summed E-state index contributed by atoms with van der Waals surface area (Å²) in [6.45, 7) is 8.63. The fourth-order valence-electron chi connectivity index (χ4n) is 5.17. The first kappa shape index (κ1) is 35.1. The van der Waals surface area contributed by atoms with Crippen molar-refractivity contribution in [3.8, 4) is 0 Å². The summed E-state index contributed by atoms with van der Waals surface area (Å²) in [6, 6.07) is 15.5. The average molecular weight is 621 g/mol. The lowest BCUT2D eigenvalue weighted by Crippen LogP contribution is -2.46. The SMILES string of the molecule is CC(C)[C@H](CC(=O)[C@H](CCC(=O)OC(C)(C)C)NC(=O)[C@@H](CC(=O)OCc1ccccc1)CC1C=Nc2ccccc21)C(=O)O. The number of aliphatic imine (C=N–C) groups is 1. The summed E-state index contributed by atoms with van der Waals surface area (Å²) in [7, 11) is 0. The third-order valence-corrected chi connectivity index (χ3v) is 7.60. The summed E-state index contributed by atoms with van der Waals surface area (Å²) >= 11 is 0. The molecule has 10 heteroatoms. The highest BCUT2D eigenvalue weighted by Gasteiger charge is 2.34. The fourth-order valence-corrected chi connectivity index (χ4v) is 5.17. The Balaban J connectivity index is 1.81. The number of hydrogen-bond donors (Lipinski definition) is 2. The van der Waals surface area contributed by atoms with Gasteiger partial charge in [-0.25, -0.2) is 0 Å². The summed E-state index contributed by atoms with van der Waals surface area (Å²) in [5.41, 5.74) is 1.77. The van der Waals surface area contributed by atoms with Crippen molar-refractivity contribution in [1.29, 1.82) is 0 Å². The minimum atomic E-state index is -1.15. The standard InChI is InChI=1S/C35H44N2O8/c1-22(2)27(34(42)43)19-30(38)29(15-16-31(39)45-35(3,4)5)37-33(41)24(17-25-20-36-28-14-10-9-13-26(25)28)18-32(40)44-21-23-11-7-6-8-12-23/h6-14,20,22,24-25,27,29H,15-19,21H2,1-5H3,(H,37,41)(H,42,43)/t24-,25?,27+,29+/m1/s1. The maximum Gasteiger partial charge on any atom is 0.307 e. The van der Waals surface area contributed by atoms with E-state index in [2.05, 4.69) is 10.3 Å². The van der Waals surface area contributed by atoms with Crippen LogP contribution in [-0.2, 0) is 40.1 Å². The van der Waals surface area contributed by atoms with Crippen molar-refractivity contribution in [2.24, 2.45) is 22.7 Å². The number of carboxylic acid groups (broad SMARTS) is 1. The Morgan fingerprint density at radius 2 is 1.60 bits per heavy atom. The Bertz CT molecular complexity index is 1380. The van der Waals surface area contributed by atoms with Gasteiger partial charge in [-0.15, -0.1) is 0 Å². The van der Waals surface area contributed by atoms with E-state index in [4.69, 9.17) is 9.47 Å². The molecule has 1 amide bonds. The zero-order valence-electron chi connectivity index (χ0n) is 26.7. The number of fused-ring (bicyclic) bond motifs is 1. The van der Waals surface area contributed by atoms with Gasteiger partial charge in [0.05, 0.1) is 24.1 Å². The summed E-state index contributed by atoms with van der Waals surface area (Å²) in [5, 5.41) is 12.4. The quantitative estimate of drug-likeness (QED) is 0.232. The van der Waals surface area contributed by atoms with Crippen LogP contribution in [0.1, 0.15) is 83.8 Å². The van der Waals surface area contributed by atoms with Crippen molar-refractivity contribution in [3.05, 3.63) is 65.7 Å². The monoisotopic (exact) mass is 620 g/mol. The number of benzene rings is 2. The molecule has 2 aromatic carbocycles. The number of amides is 1. The summed E-state index contributed by atoms with van der Waals surface area (Å²) in [5.74, 6) is -5.75. The molecule has 45 heavy (non-hydrogen) atoms.